The number of anilines is 1. The first-order chi connectivity index (χ1) is 10.1. The maximum atomic E-state index is 12.7. The fourth-order valence-corrected chi connectivity index (χ4v) is 2.19. The summed E-state index contributed by atoms with van der Waals surface area (Å²) in [7, 11) is 0. The minimum absolute atomic E-state index is 0.0193. The number of nitrogens with one attached hydrogen (secondary N) is 1. The summed E-state index contributed by atoms with van der Waals surface area (Å²) in [5.74, 6) is 1.30. The molecule has 0 radical (unpaired) electrons. The topological polar surface area (TPSA) is 58.1 Å². The molecule has 0 saturated heterocycles. The molecule has 0 aromatic carbocycles. The van der Waals surface area contributed by atoms with Crippen molar-refractivity contribution < 1.29 is 4.79 Å². The molecule has 1 N–H and O–H groups in total. The van der Waals surface area contributed by atoms with Crippen LogP contribution in [0.1, 0.15) is 56.9 Å². The van der Waals surface area contributed by atoms with Gasteiger partial charge in [-0.15, -0.1) is 0 Å². The van der Waals surface area contributed by atoms with Crippen LogP contribution in [-0.2, 0) is 0 Å². The van der Waals surface area contributed by atoms with Crippen LogP contribution in [0.25, 0.3) is 0 Å². The van der Waals surface area contributed by atoms with Gasteiger partial charge < -0.3 is 10.2 Å². The van der Waals surface area contributed by atoms with Gasteiger partial charge in [0.2, 0.25) is 0 Å². The van der Waals surface area contributed by atoms with E-state index in [1.54, 1.807) is 12.4 Å². The summed E-state index contributed by atoms with van der Waals surface area (Å²) in [4.78, 5) is 23.2. The number of carbonyl (C=O) groups excluding carboxylic acids is 1. The second-order valence-corrected chi connectivity index (χ2v) is 6.13. The largest absolute Gasteiger partial charge is 0.369 e. The quantitative estimate of drug-likeness (QED) is 0.799. The lowest BCUT2D eigenvalue weighted by Crippen LogP contribution is -2.35. The van der Waals surface area contributed by atoms with E-state index in [-0.39, 0.29) is 5.91 Å². The Morgan fingerprint density at radius 3 is 2.81 bits per heavy atom. The van der Waals surface area contributed by atoms with Gasteiger partial charge in [-0.2, -0.15) is 0 Å². The fourth-order valence-electron chi connectivity index (χ4n) is 2.19. The molecule has 1 aliphatic rings. The molecule has 5 heteroatoms. The van der Waals surface area contributed by atoms with E-state index in [9.17, 15) is 4.79 Å². The third-order valence-electron chi connectivity index (χ3n) is 3.61. The number of hydrogen-bond acceptors (Lipinski definition) is 4. The van der Waals surface area contributed by atoms with E-state index in [0.717, 1.165) is 38.8 Å². The van der Waals surface area contributed by atoms with Crippen molar-refractivity contribution in [2.45, 2.75) is 52.5 Å². The predicted molar refractivity (Wildman–Crippen MR) is 84.3 cm³/mol. The molecule has 1 aromatic rings. The van der Waals surface area contributed by atoms with Crippen molar-refractivity contribution in [1.29, 1.82) is 0 Å². The average Bonchev–Trinajstić information content (AvgIpc) is 3.30. The van der Waals surface area contributed by atoms with Gasteiger partial charge in [0.05, 0.1) is 12.4 Å². The Labute approximate surface area is 127 Å². The van der Waals surface area contributed by atoms with E-state index in [0.29, 0.717) is 23.5 Å². The summed E-state index contributed by atoms with van der Waals surface area (Å²) in [5.41, 5.74) is 0.451. The normalized spacial score (nSPS) is 14.3. The van der Waals surface area contributed by atoms with Crippen molar-refractivity contribution in [2.75, 3.05) is 18.4 Å². The van der Waals surface area contributed by atoms with Crippen LogP contribution in [0.2, 0.25) is 0 Å². The van der Waals surface area contributed by atoms with Crippen molar-refractivity contribution in [3.63, 3.8) is 0 Å². The first kappa shape index (κ1) is 15.7. The summed E-state index contributed by atoms with van der Waals surface area (Å²) in [6.45, 7) is 8.12. The lowest BCUT2D eigenvalue weighted by atomic mass is 10.1. The van der Waals surface area contributed by atoms with E-state index in [1.165, 1.54) is 0 Å². The summed E-state index contributed by atoms with van der Waals surface area (Å²) < 4.78 is 0. The molecule has 1 fully saturated rings. The SMILES string of the molecule is CCCNc1cncc(C(=O)N(CCC(C)C)C2CC2)n1. The minimum Gasteiger partial charge on any atom is -0.369 e. The molecule has 0 unspecified atom stereocenters. The van der Waals surface area contributed by atoms with E-state index >= 15 is 0 Å². The van der Waals surface area contributed by atoms with Gasteiger partial charge >= 0.3 is 0 Å². The van der Waals surface area contributed by atoms with Gasteiger partial charge in [-0.05, 0) is 31.6 Å². The Hall–Kier alpha value is -1.65. The van der Waals surface area contributed by atoms with E-state index in [1.807, 2.05) is 4.90 Å². The van der Waals surface area contributed by atoms with Gasteiger partial charge in [0, 0.05) is 19.1 Å². The summed E-state index contributed by atoms with van der Waals surface area (Å²) in [6, 6.07) is 0.408. The molecule has 0 aliphatic heterocycles. The van der Waals surface area contributed by atoms with Crippen molar-refractivity contribution >= 4 is 11.7 Å². The monoisotopic (exact) mass is 290 g/mol. The van der Waals surface area contributed by atoms with Gasteiger partial charge in [-0.1, -0.05) is 20.8 Å². The smallest absolute Gasteiger partial charge is 0.274 e. The predicted octanol–water partition coefficient (Wildman–Crippen LogP) is 2.95. The molecule has 1 aliphatic carbocycles. The van der Waals surface area contributed by atoms with Crippen LogP contribution >= 0.6 is 0 Å². The van der Waals surface area contributed by atoms with Crippen LogP contribution in [0.15, 0.2) is 12.4 Å². The third kappa shape index (κ3) is 4.69. The highest BCUT2D eigenvalue weighted by Crippen LogP contribution is 2.28. The average molecular weight is 290 g/mol. The maximum Gasteiger partial charge on any atom is 0.274 e. The number of aromatic nitrogens is 2. The van der Waals surface area contributed by atoms with Crippen LogP contribution in [0.4, 0.5) is 5.82 Å². The zero-order chi connectivity index (χ0) is 15.2. The fraction of sp³-hybridized carbons (Fsp3) is 0.688. The maximum absolute atomic E-state index is 12.7. The molecule has 5 nitrogen and oxygen atoms in total. The molecule has 0 atom stereocenters. The second kappa shape index (κ2) is 7.38. The summed E-state index contributed by atoms with van der Waals surface area (Å²) >= 11 is 0. The molecule has 1 heterocycles. The number of hydrogen-bond donors (Lipinski definition) is 1. The highest BCUT2D eigenvalue weighted by molar-refractivity contribution is 5.92. The Morgan fingerprint density at radius 1 is 1.43 bits per heavy atom. The van der Waals surface area contributed by atoms with E-state index in [4.69, 9.17) is 0 Å². The van der Waals surface area contributed by atoms with Crippen molar-refractivity contribution in [1.82, 2.24) is 14.9 Å². The Bertz CT molecular complexity index is 471. The van der Waals surface area contributed by atoms with Crippen LogP contribution in [0.3, 0.4) is 0 Å². The molecule has 0 bridgehead atoms. The number of rotatable bonds is 8. The van der Waals surface area contributed by atoms with Gasteiger partial charge in [0.15, 0.2) is 0 Å². The van der Waals surface area contributed by atoms with Crippen LogP contribution in [-0.4, -0.2) is 39.9 Å². The molecule has 0 spiro atoms. The molecular weight excluding hydrogens is 264 g/mol. The van der Waals surface area contributed by atoms with E-state index in [2.05, 4.69) is 36.1 Å². The lowest BCUT2D eigenvalue weighted by Gasteiger charge is -2.23. The van der Waals surface area contributed by atoms with Gasteiger partial charge in [0.25, 0.3) is 5.91 Å². The van der Waals surface area contributed by atoms with Gasteiger partial charge in [-0.3, -0.25) is 9.78 Å². The van der Waals surface area contributed by atoms with Crippen LogP contribution in [0, 0.1) is 5.92 Å². The van der Waals surface area contributed by atoms with Crippen LogP contribution in [0.5, 0.6) is 0 Å². The minimum atomic E-state index is 0.0193. The molecule has 1 amide bonds. The standard InChI is InChI=1S/C16H26N4O/c1-4-8-18-15-11-17-10-14(19-15)16(21)20(13-5-6-13)9-7-12(2)3/h10-13H,4-9H2,1-3H3,(H,18,19). The number of nitrogens with zero attached hydrogens (tertiary/aromatic N) is 3. The molecular formula is C16H26N4O. The lowest BCUT2D eigenvalue weighted by molar-refractivity contribution is 0.0729. The Kier molecular flexibility index (Phi) is 5.53. The van der Waals surface area contributed by atoms with Gasteiger partial charge in [0.1, 0.15) is 11.5 Å². The van der Waals surface area contributed by atoms with Crippen molar-refractivity contribution in [3.8, 4) is 0 Å². The molecule has 21 heavy (non-hydrogen) atoms. The Morgan fingerprint density at radius 2 is 2.19 bits per heavy atom. The third-order valence-corrected chi connectivity index (χ3v) is 3.61. The number of amides is 1. The highest BCUT2D eigenvalue weighted by Gasteiger charge is 2.33. The molecule has 1 aromatic heterocycles. The highest BCUT2D eigenvalue weighted by atomic mass is 16.2. The van der Waals surface area contributed by atoms with E-state index < -0.39 is 0 Å². The molecule has 116 valence electrons. The first-order valence-corrected chi connectivity index (χ1v) is 7.98. The van der Waals surface area contributed by atoms with Crippen molar-refractivity contribution in [3.05, 3.63) is 18.1 Å². The first-order valence-electron chi connectivity index (χ1n) is 7.98. The van der Waals surface area contributed by atoms with Crippen molar-refractivity contribution in [2.24, 2.45) is 5.92 Å². The Balaban J connectivity index is 2.05. The second-order valence-electron chi connectivity index (χ2n) is 6.13. The molecule has 1 saturated carbocycles. The zero-order valence-corrected chi connectivity index (χ0v) is 13.3. The van der Waals surface area contributed by atoms with Crippen LogP contribution < -0.4 is 5.32 Å². The zero-order valence-electron chi connectivity index (χ0n) is 13.3. The molecule has 2 rings (SSSR count). The summed E-state index contributed by atoms with van der Waals surface area (Å²) in [5, 5.41) is 3.18. The number of carbonyl (C=O) groups is 1. The summed E-state index contributed by atoms with van der Waals surface area (Å²) in [6.07, 6.45) is 7.52. The van der Waals surface area contributed by atoms with Gasteiger partial charge in [-0.25, -0.2) is 4.98 Å².